The lowest BCUT2D eigenvalue weighted by Crippen LogP contribution is -2.04. The summed E-state index contributed by atoms with van der Waals surface area (Å²) in [6.45, 7) is 0. The molecule has 2 aromatic heterocycles. The first-order chi connectivity index (χ1) is 13.0. The van der Waals surface area contributed by atoms with Gasteiger partial charge >= 0.3 is 0 Å². The molecule has 0 aliphatic heterocycles. The van der Waals surface area contributed by atoms with Crippen molar-refractivity contribution in [1.29, 1.82) is 0 Å². The second kappa shape index (κ2) is 7.19. The molecule has 2 heterocycles. The van der Waals surface area contributed by atoms with Crippen molar-refractivity contribution in [2.45, 2.75) is 10.4 Å². The van der Waals surface area contributed by atoms with E-state index < -0.39 is 15.6 Å². The largest absolute Gasteiger partial charge is 0.413 e. The number of sulfone groups is 1. The summed E-state index contributed by atoms with van der Waals surface area (Å²) >= 11 is 4.82. The van der Waals surface area contributed by atoms with Gasteiger partial charge in [0.1, 0.15) is 16.1 Å². The summed E-state index contributed by atoms with van der Waals surface area (Å²) in [5.41, 5.74) is 1.94. The van der Waals surface area contributed by atoms with Crippen LogP contribution < -0.4 is 0 Å². The predicted molar refractivity (Wildman–Crippen MR) is 104 cm³/mol. The van der Waals surface area contributed by atoms with E-state index in [2.05, 4.69) is 15.3 Å². The Morgan fingerprint density at radius 3 is 2.37 bits per heavy atom. The molecular formula is C17H13N4O3PS2. The van der Waals surface area contributed by atoms with Crippen molar-refractivity contribution in [3.63, 3.8) is 0 Å². The number of para-hydroxylation sites is 1. The summed E-state index contributed by atoms with van der Waals surface area (Å²) in [5, 5.41) is 10.8. The van der Waals surface area contributed by atoms with Gasteiger partial charge in [-0.1, -0.05) is 48.5 Å². The summed E-state index contributed by atoms with van der Waals surface area (Å²) in [7, 11) is -3.28. The molecule has 1 N–H and O–H groups in total. The Morgan fingerprint density at radius 1 is 1.07 bits per heavy atom. The first-order valence-electron chi connectivity index (χ1n) is 7.88. The number of benzene rings is 2. The monoisotopic (exact) mass is 416 g/mol. The lowest BCUT2D eigenvalue weighted by molar-refractivity contribution is 0.494. The summed E-state index contributed by atoms with van der Waals surface area (Å²) in [4.78, 5) is 0.0389. The highest BCUT2D eigenvalue weighted by Gasteiger charge is 2.27. The summed E-state index contributed by atoms with van der Waals surface area (Å²) in [6, 6.07) is 18.6. The Kier molecular flexibility index (Phi) is 4.73. The normalized spacial score (nSPS) is 11.9. The molecule has 7 nitrogen and oxygen atoms in total. The van der Waals surface area contributed by atoms with E-state index in [1.165, 1.54) is 0 Å². The van der Waals surface area contributed by atoms with Gasteiger partial charge in [-0.05, 0) is 24.4 Å². The Hall–Kier alpha value is -2.61. The van der Waals surface area contributed by atoms with Crippen molar-refractivity contribution in [2.75, 3.05) is 0 Å². The third-order valence-corrected chi connectivity index (χ3v) is 7.27. The number of nitrogens with one attached hydrogen (secondary N) is 1. The highest BCUT2D eigenvalue weighted by Crippen LogP contribution is 2.36. The Balaban J connectivity index is 1.85. The molecule has 0 radical (unpaired) electrons. The number of H-pyrrole nitrogens is 1. The third kappa shape index (κ3) is 3.75. The fourth-order valence-electron chi connectivity index (χ4n) is 2.51. The molecule has 2 aromatic carbocycles. The van der Waals surface area contributed by atoms with Crippen LogP contribution >= 0.6 is 20.6 Å². The molecule has 136 valence electrons. The molecule has 0 unspecified atom stereocenters. The molecule has 0 spiro atoms. The first kappa shape index (κ1) is 17.8. The van der Waals surface area contributed by atoms with E-state index in [-0.39, 0.29) is 15.4 Å². The Bertz CT molecular complexity index is 1230. The molecule has 0 aliphatic carbocycles. The molecule has 0 bridgehead atoms. The number of rotatable bonds is 5. The van der Waals surface area contributed by atoms with Gasteiger partial charge in [-0.3, -0.25) is 0 Å². The van der Waals surface area contributed by atoms with E-state index in [0.717, 1.165) is 11.3 Å². The summed E-state index contributed by atoms with van der Waals surface area (Å²) < 4.78 is 33.1. The van der Waals surface area contributed by atoms with Gasteiger partial charge in [0.05, 0.1) is 14.0 Å². The van der Waals surface area contributed by atoms with Crippen molar-refractivity contribution in [1.82, 2.24) is 19.7 Å². The second-order valence-corrected chi connectivity index (χ2v) is 9.24. The molecule has 4 aromatic rings. The fourth-order valence-corrected chi connectivity index (χ4v) is 5.44. The number of hydrogen-bond acceptors (Lipinski definition) is 6. The average Bonchev–Trinajstić information content (AvgIpc) is 3.30. The molecule has 0 amide bonds. The predicted octanol–water partition coefficient (Wildman–Crippen LogP) is 4.14. The zero-order valence-corrected chi connectivity index (χ0v) is 16.3. The van der Waals surface area contributed by atoms with Crippen LogP contribution in [0.4, 0.5) is 0 Å². The smallest absolute Gasteiger partial charge is 0.284 e. The molecule has 0 aliphatic rings. The number of hydrogen-bond donors (Lipinski definition) is 1. The Labute approximate surface area is 161 Å². The van der Waals surface area contributed by atoms with Gasteiger partial charge in [0.15, 0.2) is 9.84 Å². The Morgan fingerprint density at radius 2 is 1.74 bits per heavy atom. The number of aromatic amines is 1. The van der Waals surface area contributed by atoms with Gasteiger partial charge in [-0.25, -0.2) is 18.0 Å². The lowest BCUT2D eigenvalue weighted by Gasteiger charge is -2.02. The van der Waals surface area contributed by atoms with Crippen molar-refractivity contribution >= 4 is 30.4 Å². The van der Waals surface area contributed by atoms with Gasteiger partial charge in [-0.2, -0.15) is 5.10 Å². The van der Waals surface area contributed by atoms with Crippen molar-refractivity contribution in [2.24, 2.45) is 0 Å². The minimum Gasteiger partial charge on any atom is -0.413 e. The number of aromatic nitrogens is 4. The van der Waals surface area contributed by atoms with Gasteiger partial charge in [-0.15, -0.1) is 5.10 Å². The standard InChI is InChI=1S/C17H13N4O3PS2/c22-27(23,11-14-18-19-17(26)24-14)16-15(12-7-3-1-4-8-12)20-21(25-16)13-9-5-2-6-10-13/h1-10H,11H2,(H,19,26). The van der Waals surface area contributed by atoms with Crippen molar-refractivity contribution in [3.8, 4) is 16.9 Å². The average molecular weight is 416 g/mol. The molecule has 0 fully saturated rings. The minimum atomic E-state index is -3.73. The van der Waals surface area contributed by atoms with E-state index in [0.29, 0.717) is 14.0 Å². The van der Waals surface area contributed by atoms with E-state index in [9.17, 15) is 8.42 Å². The molecule has 27 heavy (non-hydrogen) atoms. The van der Waals surface area contributed by atoms with E-state index in [1.54, 1.807) is 4.44 Å². The highest BCUT2D eigenvalue weighted by molar-refractivity contribution is 7.93. The summed E-state index contributed by atoms with van der Waals surface area (Å²) in [6.07, 6.45) is 0. The van der Waals surface area contributed by atoms with E-state index in [4.69, 9.17) is 16.6 Å². The van der Waals surface area contributed by atoms with Crippen LogP contribution in [0.2, 0.25) is 0 Å². The maximum atomic E-state index is 13.1. The number of nitrogens with zero attached hydrogens (tertiary/aromatic N) is 3. The molecule has 0 atom stereocenters. The molecular weight excluding hydrogens is 403 g/mol. The van der Waals surface area contributed by atoms with E-state index in [1.807, 2.05) is 60.7 Å². The van der Waals surface area contributed by atoms with Crippen LogP contribution in [0.25, 0.3) is 16.9 Å². The first-order valence-corrected chi connectivity index (χ1v) is 10.8. The van der Waals surface area contributed by atoms with Crippen LogP contribution in [-0.2, 0) is 15.6 Å². The van der Waals surface area contributed by atoms with Gasteiger partial charge in [0.2, 0.25) is 5.89 Å². The van der Waals surface area contributed by atoms with Crippen LogP contribution in [0, 0.1) is 4.84 Å². The molecule has 0 saturated carbocycles. The minimum absolute atomic E-state index is 0.0215. The molecule has 4 rings (SSSR count). The fraction of sp³-hybridized carbons (Fsp3) is 0.0588. The van der Waals surface area contributed by atoms with Gasteiger partial charge in [0.25, 0.3) is 4.84 Å². The third-order valence-electron chi connectivity index (χ3n) is 3.71. The summed E-state index contributed by atoms with van der Waals surface area (Å²) in [5.74, 6) is -0.370. The maximum Gasteiger partial charge on any atom is 0.284 e. The van der Waals surface area contributed by atoms with Crippen LogP contribution in [-0.4, -0.2) is 28.2 Å². The van der Waals surface area contributed by atoms with Gasteiger partial charge in [0, 0.05) is 5.56 Å². The molecule has 10 heteroatoms. The van der Waals surface area contributed by atoms with Crippen molar-refractivity contribution < 1.29 is 12.8 Å². The molecule has 0 saturated heterocycles. The van der Waals surface area contributed by atoms with Crippen LogP contribution in [0.15, 0.2) is 69.7 Å². The van der Waals surface area contributed by atoms with Crippen molar-refractivity contribution in [3.05, 3.63) is 71.4 Å². The maximum absolute atomic E-state index is 13.1. The lowest BCUT2D eigenvalue weighted by atomic mass is 10.2. The quantitative estimate of drug-likeness (QED) is 0.492. The zero-order chi connectivity index (χ0) is 18.9. The van der Waals surface area contributed by atoms with Crippen LogP contribution in [0.1, 0.15) is 5.89 Å². The SMILES string of the molecule is O=S(=O)(Cc1n[nH]c(=S)o1)c1pn(-c2ccccc2)nc1-c1ccccc1. The highest BCUT2D eigenvalue weighted by atomic mass is 32.2. The van der Waals surface area contributed by atoms with E-state index >= 15 is 0 Å². The topological polar surface area (TPSA) is 93.8 Å². The zero-order valence-electron chi connectivity index (χ0n) is 13.8. The van der Waals surface area contributed by atoms with Crippen LogP contribution in [0.5, 0.6) is 0 Å². The van der Waals surface area contributed by atoms with Crippen LogP contribution in [0.3, 0.4) is 0 Å². The second-order valence-electron chi connectivity index (χ2n) is 5.61. The van der Waals surface area contributed by atoms with Gasteiger partial charge < -0.3 is 4.42 Å².